The predicted molar refractivity (Wildman–Crippen MR) is 54.1 cm³/mol. The summed E-state index contributed by atoms with van der Waals surface area (Å²) in [6, 6.07) is 0.668. The van der Waals surface area contributed by atoms with Crippen LogP contribution in [0.4, 0.5) is 17.6 Å². The molecule has 1 aromatic carbocycles. The van der Waals surface area contributed by atoms with Gasteiger partial charge in [-0.25, -0.2) is 9.18 Å². The lowest BCUT2D eigenvalue weighted by atomic mass is 10.1. The number of carbonyl (C=O) groups is 1. The normalized spacial score (nSPS) is 11.7. The van der Waals surface area contributed by atoms with Gasteiger partial charge in [0.25, 0.3) is 0 Å². The monoisotopic (exact) mass is 266 g/mol. The lowest BCUT2D eigenvalue weighted by molar-refractivity contribution is -0.138. The minimum atomic E-state index is -4.89. The van der Waals surface area contributed by atoms with Gasteiger partial charge in [-0.15, -0.1) is 0 Å². The Labute approximate surface area is 100.0 Å². The molecule has 0 saturated heterocycles. The van der Waals surface area contributed by atoms with Gasteiger partial charge in [-0.1, -0.05) is 0 Å². The summed E-state index contributed by atoms with van der Waals surface area (Å²) in [7, 11) is 0. The number of rotatable bonds is 3. The topological polar surface area (TPSA) is 46.5 Å². The van der Waals surface area contributed by atoms with Crippen LogP contribution in [0.2, 0.25) is 0 Å². The van der Waals surface area contributed by atoms with Crippen LogP contribution in [-0.4, -0.2) is 17.2 Å². The van der Waals surface area contributed by atoms with Crippen LogP contribution in [0.15, 0.2) is 12.1 Å². The zero-order valence-corrected chi connectivity index (χ0v) is 9.51. The van der Waals surface area contributed by atoms with Crippen LogP contribution in [0.1, 0.15) is 29.8 Å². The Morgan fingerprint density at radius 3 is 2.28 bits per heavy atom. The highest BCUT2D eigenvalue weighted by Crippen LogP contribution is 2.36. The van der Waals surface area contributed by atoms with Gasteiger partial charge in [0, 0.05) is 0 Å². The number of alkyl halides is 3. The molecule has 0 unspecified atom stereocenters. The number of carboxylic acid groups (broad SMARTS) is 1. The van der Waals surface area contributed by atoms with Crippen molar-refractivity contribution in [1.82, 2.24) is 0 Å². The van der Waals surface area contributed by atoms with E-state index in [1.165, 1.54) is 13.8 Å². The maximum Gasteiger partial charge on any atom is 0.417 e. The Morgan fingerprint density at radius 1 is 1.33 bits per heavy atom. The highest BCUT2D eigenvalue weighted by Gasteiger charge is 2.36. The second kappa shape index (κ2) is 4.83. The predicted octanol–water partition coefficient (Wildman–Crippen LogP) is 3.33. The smallest absolute Gasteiger partial charge is 0.417 e. The van der Waals surface area contributed by atoms with Gasteiger partial charge < -0.3 is 9.84 Å². The molecule has 0 spiro atoms. The second-order valence-corrected chi connectivity index (χ2v) is 3.80. The average molecular weight is 266 g/mol. The third-order valence-corrected chi connectivity index (χ3v) is 1.97. The summed E-state index contributed by atoms with van der Waals surface area (Å²) in [6.45, 7) is 3.02. The summed E-state index contributed by atoms with van der Waals surface area (Å²) < 4.78 is 56.1. The molecule has 0 aliphatic rings. The molecule has 0 atom stereocenters. The minimum absolute atomic E-state index is 0.308. The molecule has 0 aromatic heterocycles. The molecule has 0 aliphatic heterocycles. The molecule has 7 heteroatoms. The van der Waals surface area contributed by atoms with E-state index >= 15 is 0 Å². The van der Waals surface area contributed by atoms with E-state index in [9.17, 15) is 22.4 Å². The van der Waals surface area contributed by atoms with E-state index in [-0.39, 0.29) is 0 Å². The lowest BCUT2D eigenvalue weighted by Gasteiger charge is -2.15. The number of ether oxygens (including phenoxy) is 1. The molecule has 100 valence electrons. The van der Waals surface area contributed by atoms with Gasteiger partial charge in [0.05, 0.1) is 17.2 Å². The molecule has 1 rings (SSSR count). The number of aromatic carboxylic acids is 1. The molecule has 0 radical (unpaired) electrons. The first kappa shape index (κ1) is 14.3. The van der Waals surface area contributed by atoms with E-state index in [4.69, 9.17) is 9.84 Å². The van der Waals surface area contributed by atoms with Crippen molar-refractivity contribution < 1.29 is 32.2 Å². The van der Waals surface area contributed by atoms with Crippen molar-refractivity contribution in [3.05, 3.63) is 29.1 Å². The van der Waals surface area contributed by atoms with Crippen molar-refractivity contribution in [3.8, 4) is 5.75 Å². The van der Waals surface area contributed by atoms with Crippen LogP contribution in [-0.2, 0) is 6.18 Å². The Hall–Kier alpha value is -1.79. The molecule has 0 saturated carbocycles. The van der Waals surface area contributed by atoms with Gasteiger partial charge in [0.1, 0.15) is 0 Å². The molecule has 0 aliphatic carbocycles. The largest absolute Gasteiger partial charge is 0.488 e. The molecular weight excluding hydrogens is 256 g/mol. The summed E-state index contributed by atoms with van der Waals surface area (Å²) in [5.41, 5.74) is -2.58. The number of carboxylic acids is 1. The molecule has 0 bridgehead atoms. The summed E-state index contributed by atoms with van der Waals surface area (Å²) >= 11 is 0. The van der Waals surface area contributed by atoms with Crippen molar-refractivity contribution in [1.29, 1.82) is 0 Å². The van der Waals surface area contributed by atoms with Gasteiger partial charge in [-0.05, 0) is 26.0 Å². The summed E-state index contributed by atoms with van der Waals surface area (Å²) in [5, 5.41) is 8.62. The maximum atomic E-state index is 13.4. The van der Waals surface area contributed by atoms with Gasteiger partial charge in [0.15, 0.2) is 11.6 Å². The van der Waals surface area contributed by atoms with E-state index in [0.29, 0.717) is 12.1 Å². The fourth-order valence-electron chi connectivity index (χ4n) is 1.31. The van der Waals surface area contributed by atoms with Crippen molar-refractivity contribution in [2.75, 3.05) is 0 Å². The van der Waals surface area contributed by atoms with E-state index in [2.05, 4.69) is 0 Å². The van der Waals surface area contributed by atoms with Crippen LogP contribution in [0.3, 0.4) is 0 Å². The second-order valence-electron chi connectivity index (χ2n) is 3.80. The first-order valence-corrected chi connectivity index (χ1v) is 4.93. The Morgan fingerprint density at radius 2 is 1.89 bits per heavy atom. The molecule has 0 amide bonds. The van der Waals surface area contributed by atoms with Gasteiger partial charge >= 0.3 is 12.1 Å². The SMILES string of the molecule is CC(C)Oc1cc(C(F)(F)F)c(C(=O)O)cc1F. The molecule has 1 N–H and O–H groups in total. The van der Waals surface area contributed by atoms with Gasteiger partial charge in [-0.3, -0.25) is 0 Å². The van der Waals surface area contributed by atoms with Crippen LogP contribution in [0.25, 0.3) is 0 Å². The lowest BCUT2D eigenvalue weighted by Crippen LogP contribution is -2.15. The minimum Gasteiger partial charge on any atom is -0.488 e. The number of hydrogen-bond acceptors (Lipinski definition) is 2. The van der Waals surface area contributed by atoms with Crippen LogP contribution in [0, 0.1) is 5.82 Å². The van der Waals surface area contributed by atoms with E-state index < -0.39 is 40.9 Å². The Kier molecular flexibility index (Phi) is 3.83. The number of hydrogen-bond donors (Lipinski definition) is 1. The van der Waals surface area contributed by atoms with E-state index in [1.54, 1.807) is 0 Å². The average Bonchev–Trinajstić information content (AvgIpc) is 2.17. The zero-order valence-electron chi connectivity index (χ0n) is 9.51. The van der Waals surface area contributed by atoms with Crippen molar-refractivity contribution in [2.45, 2.75) is 26.1 Å². The first-order chi connectivity index (χ1) is 8.12. The standard InChI is InChI=1S/C11H10F4O3/c1-5(2)18-9-4-7(11(13,14)15)6(10(16)17)3-8(9)12/h3-5H,1-2H3,(H,16,17). The molecule has 18 heavy (non-hydrogen) atoms. The first-order valence-electron chi connectivity index (χ1n) is 4.93. The Bertz CT molecular complexity index is 466. The van der Waals surface area contributed by atoms with E-state index in [1.807, 2.05) is 0 Å². The highest BCUT2D eigenvalue weighted by atomic mass is 19.4. The van der Waals surface area contributed by atoms with Crippen LogP contribution >= 0.6 is 0 Å². The van der Waals surface area contributed by atoms with Crippen molar-refractivity contribution in [2.24, 2.45) is 0 Å². The summed E-state index contributed by atoms with van der Waals surface area (Å²) in [4.78, 5) is 10.6. The zero-order chi connectivity index (χ0) is 14.1. The Balaban J connectivity index is 3.41. The quantitative estimate of drug-likeness (QED) is 0.853. The fourth-order valence-corrected chi connectivity index (χ4v) is 1.31. The molecule has 0 fully saturated rings. The van der Waals surface area contributed by atoms with Crippen LogP contribution < -0.4 is 4.74 Å². The summed E-state index contributed by atoms with van der Waals surface area (Å²) in [5.74, 6) is -3.62. The fraction of sp³-hybridized carbons (Fsp3) is 0.364. The third kappa shape index (κ3) is 3.12. The summed E-state index contributed by atoms with van der Waals surface area (Å²) in [6.07, 6.45) is -5.42. The van der Waals surface area contributed by atoms with E-state index in [0.717, 1.165) is 0 Å². The third-order valence-electron chi connectivity index (χ3n) is 1.97. The molecule has 3 nitrogen and oxygen atoms in total. The highest BCUT2D eigenvalue weighted by molar-refractivity contribution is 5.90. The number of halogens is 4. The van der Waals surface area contributed by atoms with Gasteiger partial charge in [0.2, 0.25) is 0 Å². The van der Waals surface area contributed by atoms with Crippen molar-refractivity contribution >= 4 is 5.97 Å². The maximum absolute atomic E-state index is 13.4. The van der Waals surface area contributed by atoms with Crippen LogP contribution in [0.5, 0.6) is 5.75 Å². The van der Waals surface area contributed by atoms with Gasteiger partial charge in [-0.2, -0.15) is 13.2 Å². The van der Waals surface area contributed by atoms with Crippen molar-refractivity contribution in [3.63, 3.8) is 0 Å². The molecular formula is C11H10F4O3. The molecule has 1 aromatic rings. The number of benzene rings is 1. The molecule has 0 heterocycles.